The third kappa shape index (κ3) is 10.4. The normalized spacial score (nSPS) is 9.11. The molecule has 3 heteroatoms. The summed E-state index contributed by atoms with van der Waals surface area (Å²) in [4.78, 5) is 0. The van der Waals surface area contributed by atoms with Crippen LogP contribution in [0.4, 0.5) is 11.4 Å². The van der Waals surface area contributed by atoms with Gasteiger partial charge in [-0.25, -0.2) is 0 Å². The minimum atomic E-state index is 1.16. The molecule has 6 aromatic carbocycles. The first-order chi connectivity index (χ1) is 17.8. The fraction of sp³-hybridized carbons (Fsp3) is 0.0606. The average Bonchev–Trinajstić information content (AvgIpc) is 3.66. The summed E-state index contributed by atoms with van der Waals surface area (Å²) in [5.74, 6) is 0. The summed E-state index contributed by atoms with van der Waals surface area (Å²) < 4.78 is 3.34. The first kappa shape index (κ1) is 28.7. The van der Waals surface area contributed by atoms with Crippen molar-refractivity contribution in [3.05, 3.63) is 146 Å². The summed E-state index contributed by atoms with van der Waals surface area (Å²) in [7, 11) is 3.82. The van der Waals surface area contributed by atoms with Crippen LogP contribution in [0.3, 0.4) is 0 Å². The van der Waals surface area contributed by atoms with E-state index in [1.165, 1.54) is 45.8 Å². The molecule has 2 nitrogen and oxygen atoms in total. The van der Waals surface area contributed by atoms with Gasteiger partial charge in [0.1, 0.15) is 0 Å². The van der Waals surface area contributed by atoms with E-state index in [2.05, 4.69) is 99.8 Å². The second kappa shape index (κ2) is 17.8. The zero-order valence-corrected chi connectivity index (χ0v) is 23.5. The molecule has 36 heavy (non-hydrogen) atoms. The number of nitrogens with one attached hydrogen (secondary N) is 2. The largest absolute Gasteiger partial charge is 0.168 e. The Morgan fingerprint density at radius 2 is 0.806 bits per heavy atom. The van der Waals surface area contributed by atoms with Crippen LogP contribution in [0.1, 0.15) is 0 Å². The summed E-state index contributed by atoms with van der Waals surface area (Å²) in [6.07, 6.45) is 0. The minimum absolute atomic E-state index is 1.16. The second-order valence-electron chi connectivity index (χ2n) is 7.54. The minimum Gasteiger partial charge on any atom is -0.168 e. The van der Waals surface area contributed by atoms with Gasteiger partial charge in [0.25, 0.3) is 0 Å². The van der Waals surface area contributed by atoms with E-state index in [9.17, 15) is 0 Å². The third-order valence-corrected chi connectivity index (χ3v) is 5.22. The zero-order chi connectivity index (χ0) is 25.8. The summed E-state index contributed by atoms with van der Waals surface area (Å²) in [5.41, 5.74) is 2.32. The van der Waals surface area contributed by atoms with Gasteiger partial charge in [-0.15, -0.1) is 59.3 Å². The molecule has 0 atom stereocenters. The van der Waals surface area contributed by atoms with Gasteiger partial charge in [0, 0.05) is 25.5 Å². The molecule has 0 amide bonds. The number of anilines is 2. The SMILES string of the molecule is CNc1ccccc1.CNc1ccccc1.[CH2]=[Zr+2].c1ccc2[cH-]ccc2c1.c1ccc2[cH-]ccc2c1. The van der Waals surface area contributed by atoms with Crippen LogP contribution < -0.4 is 10.6 Å². The molecular formula is C33H34N2Zr. The van der Waals surface area contributed by atoms with Crippen LogP contribution in [0.2, 0.25) is 0 Å². The maximum absolute atomic E-state index is 3.34. The number of fused-ring (bicyclic) bond motifs is 2. The fourth-order valence-corrected chi connectivity index (χ4v) is 3.35. The Labute approximate surface area is 230 Å². The standard InChI is InChI=1S/2C9H7.2C7H9N.CH2.Zr/c2*1-2-5-9-7-3-6-8(9)4-1;2*1-8-7-5-3-2-4-6-7;;/h2*1-7H;2*2-6,8H,1H3;1H2;/q2*-1;;;;+2. The molecule has 0 aliphatic rings. The predicted octanol–water partition coefficient (Wildman–Crippen LogP) is 8.54. The van der Waals surface area contributed by atoms with Crippen LogP contribution in [0, 0.1) is 0 Å². The van der Waals surface area contributed by atoms with E-state index < -0.39 is 0 Å². The number of rotatable bonds is 2. The maximum atomic E-state index is 3.34. The molecule has 2 N–H and O–H groups in total. The van der Waals surface area contributed by atoms with Crippen LogP contribution in [0.5, 0.6) is 0 Å². The Bertz CT molecular complexity index is 1170. The maximum Gasteiger partial charge on any atom is -0.0809 e. The van der Waals surface area contributed by atoms with Gasteiger partial charge in [-0.05, 0) is 24.3 Å². The molecule has 0 unspecified atom stereocenters. The van der Waals surface area contributed by atoms with Crippen LogP contribution in [-0.2, 0) is 24.2 Å². The molecule has 6 rings (SSSR count). The number of benzene rings is 4. The first-order valence-electron chi connectivity index (χ1n) is 11.8. The summed E-state index contributed by atoms with van der Waals surface area (Å²) in [5, 5.41) is 11.4. The van der Waals surface area contributed by atoms with Gasteiger partial charge < -0.3 is 10.6 Å². The van der Waals surface area contributed by atoms with Crippen molar-refractivity contribution >= 4 is 37.1 Å². The summed E-state index contributed by atoms with van der Waals surface area (Å²) in [6.45, 7) is 0. The monoisotopic (exact) mass is 548 g/mol. The van der Waals surface area contributed by atoms with E-state index in [4.69, 9.17) is 0 Å². The van der Waals surface area contributed by atoms with Crippen LogP contribution in [0.25, 0.3) is 21.5 Å². The molecule has 180 valence electrons. The molecular weight excluding hydrogens is 516 g/mol. The molecule has 0 saturated carbocycles. The van der Waals surface area contributed by atoms with Crippen molar-refractivity contribution in [2.24, 2.45) is 0 Å². The van der Waals surface area contributed by atoms with Crippen molar-refractivity contribution in [2.45, 2.75) is 0 Å². The summed E-state index contributed by atoms with van der Waals surface area (Å²) >= 11 is 1.30. The van der Waals surface area contributed by atoms with Crippen LogP contribution in [0.15, 0.2) is 146 Å². The van der Waals surface area contributed by atoms with Crippen molar-refractivity contribution in [1.82, 2.24) is 0 Å². The quantitative estimate of drug-likeness (QED) is 0.212. The van der Waals surface area contributed by atoms with E-state index in [0.717, 1.165) is 11.4 Å². The van der Waals surface area contributed by atoms with Gasteiger partial charge in [0.05, 0.1) is 0 Å². The number of hydrogen-bond acceptors (Lipinski definition) is 2. The predicted molar refractivity (Wildman–Crippen MR) is 158 cm³/mol. The van der Waals surface area contributed by atoms with Gasteiger partial charge in [-0.2, -0.15) is 35.0 Å². The Morgan fingerprint density at radius 1 is 0.472 bits per heavy atom. The Balaban J connectivity index is 0.000000165. The molecule has 0 spiro atoms. The molecule has 0 radical (unpaired) electrons. The molecule has 0 aliphatic heterocycles. The molecule has 0 bridgehead atoms. The van der Waals surface area contributed by atoms with E-state index >= 15 is 0 Å². The fourth-order valence-electron chi connectivity index (χ4n) is 3.35. The number of hydrogen-bond donors (Lipinski definition) is 2. The molecule has 6 aromatic rings. The molecule has 0 heterocycles. The number of para-hydroxylation sites is 2. The van der Waals surface area contributed by atoms with Crippen molar-refractivity contribution < 1.29 is 24.2 Å². The van der Waals surface area contributed by atoms with E-state index in [1.54, 1.807) is 0 Å². The molecule has 0 fully saturated rings. The van der Waals surface area contributed by atoms with Crippen molar-refractivity contribution in [3.63, 3.8) is 0 Å². The Morgan fingerprint density at radius 3 is 1.11 bits per heavy atom. The molecule has 0 aliphatic carbocycles. The smallest absolute Gasteiger partial charge is 0.0809 e. The van der Waals surface area contributed by atoms with Gasteiger partial charge in [0.2, 0.25) is 0 Å². The van der Waals surface area contributed by atoms with Crippen LogP contribution in [-0.4, -0.2) is 18.3 Å². The summed E-state index contributed by atoms with van der Waals surface area (Å²) in [6, 6.07) is 49.5. The second-order valence-corrected chi connectivity index (χ2v) is 7.54. The molecule has 0 saturated heterocycles. The zero-order valence-electron chi connectivity index (χ0n) is 21.1. The Hall–Kier alpha value is -3.55. The Kier molecular flexibility index (Phi) is 14.2. The van der Waals surface area contributed by atoms with Crippen molar-refractivity contribution in [1.29, 1.82) is 0 Å². The van der Waals surface area contributed by atoms with Gasteiger partial charge in [-0.3, -0.25) is 0 Å². The average molecular weight is 550 g/mol. The topological polar surface area (TPSA) is 24.1 Å². The van der Waals surface area contributed by atoms with E-state index in [1.807, 2.05) is 74.8 Å². The van der Waals surface area contributed by atoms with E-state index in [0.29, 0.717) is 0 Å². The van der Waals surface area contributed by atoms with Crippen LogP contribution >= 0.6 is 0 Å². The van der Waals surface area contributed by atoms with Crippen molar-refractivity contribution in [2.75, 3.05) is 24.7 Å². The van der Waals surface area contributed by atoms with E-state index in [-0.39, 0.29) is 0 Å². The first-order valence-corrected chi connectivity index (χ1v) is 13.6. The third-order valence-electron chi connectivity index (χ3n) is 5.22. The molecule has 0 aromatic heterocycles. The van der Waals surface area contributed by atoms with Gasteiger partial charge in [0.15, 0.2) is 0 Å². The van der Waals surface area contributed by atoms with Gasteiger partial charge in [-0.1, -0.05) is 48.5 Å². The van der Waals surface area contributed by atoms with Gasteiger partial charge >= 0.3 is 28.4 Å². The van der Waals surface area contributed by atoms with Crippen molar-refractivity contribution in [3.8, 4) is 0 Å².